The number of hydrogen-bond acceptors (Lipinski definition) is 8. The number of carbonyl (C=O) groups is 1. The van der Waals surface area contributed by atoms with Gasteiger partial charge >= 0.3 is 5.97 Å². The molecule has 0 amide bonds. The van der Waals surface area contributed by atoms with Gasteiger partial charge < -0.3 is 18.6 Å². The normalized spacial score (nSPS) is 12.5. The van der Waals surface area contributed by atoms with Gasteiger partial charge in [0.1, 0.15) is 25.3 Å². The number of aryl methyl sites for hydroxylation is 1. The summed E-state index contributed by atoms with van der Waals surface area (Å²) in [7, 11) is 0. The summed E-state index contributed by atoms with van der Waals surface area (Å²) in [5.74, 6) is 0.833. The molecule has 0 atom stereocenters. The van der Waals surface area contributed by atoms with E-state index in [2.05, 4.69) is 16.6 Å². The summed E-state index contributed by atoms with van der Waals surface area (Å²) in [4.78, 5) is 22.4. The predicted molar refractivity (Wildman–Crippen MR) is 146 cm³/mol. The Balaban J connectivity index is 2.12. The molecule has 0 radical (unpaired) electrons. The lowest BCUT2D eigenvalue weighted by Gasteiger charge is -2.23. The van der Waals surface area contributed by atoms with E-state index in [1.165, 1.54) is 18.5 Å². The maximum atomic E-state index is 13.4. The molecule has 206 valence electrons. The smallest absolute Gasteiger partial charge is 0.337 e. The summed E-state index contributed by atoms with van der Waals surface area (Å²) >= 11 is 0. The van der Waals surface area contributed by atoms with Gasteiger partial charge in [0.05, 0.1) is 25.1 Å². The summed E-state index contributed by atoms with van der Waals surface area (Å²) in [6, 6.07) is 9.69. The van der Waals surface area contributed by atoms with E-state index < -0.39 is 18.2 Å². The first-order valence-electron chi connectivity index (χ1n) is 12.5. The number of aromatic nitrogens is 1. The molecule has 0 saturated carbocycles. The van der Waals surface area contributed by atoms with Gasteiger partial charge in [-0.2, -0.15) is 0 Å². The predicted octanol–water partition coefficient (Wildman–Crippen LogP) is 5.45. The lowest BCUT2D eigenvalue weighted by atomic mass is 10.1. The fourth-order valence-electron chi connectivity index (χ4n) is 3.40. The molecule has 0 aliphatic heterocycles. The first-order valence-corrected chi connectivity index (χ1v) is 12.5. The van der Waals surface area contributed by atoms with Gasteiger partial charge in [-0.05, 0) is 58.2 Å². The molecule has 0 saturated heterocycles. The average molecular weight is 528 g/mol. The Morgan fingerprint density at radius 3 is 2.74 bits per heavy atom. The van der Waals surface area contributed by atoms with E-state index in [0.29, 0.717) is 37.9 Å². The van der Waals surface area contributed by atoms with Crippen LogP contribution >= 0.6 is 0 Å². The fourth-order valence-corrected chi connectivity index (χ4v) is 3.40. The van der Waals surface area contributed by atoms with Crippen LogP contribution in [0.5, 0.6) is 0 Å². The van der Waals surface area contributed by atoms with Gasteiger partial charge in [0.2, 0.25) is 5.89 Å². The Kier molecular flexibility index (Phi) is 13.2. The molecular weight excluding hydrogens is 489 g/mol. The van der Waals surface area contributed by atoms with Crippen LogP contribution in [0, 0.1) is 6.92 Å². The lowest BCUT2D eigenvalue weighted by Crippen LogP contribution is -2.36. The maximum absolute atomic E-state index is 13.4. The number of benzene rings is 1. The molecule has 1 aromatic carbocycles. The Morgan fingerprint density at radius 1 is 1.29 bits per heavy atom. The SMILES string of the molecule is C=N/C=C\OCCN(CC(/C=C\COC(C)(C)C(=O)OCC)=C/CF)Cc1nc(-c2ccccc2)oc1C. The van der Waals surface area contributed by atoms with Crippen molar-refractivity contribution >= 4 is 12.7 Å². The third kappa shape index (κ3) is 10.4. The molecule has 8 nitrogen and oxygen atoms in total. The van der Waals surface area contributed by atoms with Crippen LogP contribution in [0.1, 0.15) is 32.2 Å². The summed E-state index contributed by atoms with van der Waals surface area (Å²) in [5, 5.41) is 0. The maximum Gasteiger partial charge on any atom is 0.337 e. The van der Waals surface area contributed by atoms with Crippen molar-refractivity contribution in [1.29, 1.82) is 0 Å². The molecule has 0 spiro atoms. The minimum Gasteiger partial charge on any atom is -0.498 e. The quantitative estimate of drug-likeness (QED) is 0.0889. The molecule has 9 heteroatoms. The van der Waals surface area contributed by atoms with Crippen molar-refractivity contribution in [3.63, 3.8) is 0 Å². The highest BCUT2D eigenvalue weighted by molar-refractivity contribution is 5.78. The zero-order chi connectivity index (χ0) is 27.8. The third-order valence-corrected chi connectivity index (χ3v) is 5.46. The minimum atomic E-state index is -1.08. The Bertz CT molecular complexity index is 1090. The number of aliphatic imine (C=N–C) groups is 1. The second-order valence-corrected chi connectivity index (χ2v) is 8.81. The van der Waals surface area contributed by atoms with Crippen LogP contribution in [-0.2, 0) is 25.5 Å². The minimum absolute atomic E-state index is 0.167. The summed E-state index contributed by atoms with van der Waals surface area (Å²) < 4.78 is 35.5. The van der Waals surface area contributed by atoms with Crippen LogP contribution in [0.2, 0.25) is 0 Å². The molecule has 1 aromatic heterocycles. The average Bonchev–Trinajstić information content (AvgIpc) is 3.27. The van der Waals surface area contributed by atoms with E-state index >= 15 is 0 Å². The van der Waals surface area contributed by atoms with Crippen molar-refractivity contribution in [2.75, 3.05) is 39.6 Å². The summed E-state index contributed by atoms with van der Waals surface area (Å²) in [6.45, 7) is 12.0. The number of esters is 1. The van der Waals surface area contributed by atoms with Crippen molar-refractivity contribution in [2.45, 2.75) is 39.8 Å². The van der Waals surface area contributed by atoms with E-state index in [0.717, 1.165) is 16.8 Å². The summed E-state index contributed by atoms with van der Waals surface area (Å²) in [6.07, 6.45) is 7.99. The van der Waals surface area contributed by atoms with Crippen LogP contribution < -0.4 is 0 Å². The van der Waals surface area contributed by atoms with Crippen molar-refractivity contribution in [1.82, 2.24) is 9.88 Å². The van der Waals surface area contributed by atoms with Crippen molar-refractivity contribution in [3.05, 3.63) is 78.0 Å². The van der Waals surface area contributed by atoms with Gasteiger partial charge in [0.15, 0.2) is 5.60 Å². The number of halogens is 1. The first-order chi connectivity index (χ1) is 18.3. The highest BCUT2D eigenvalue weighted by Gasteiger charge is 2.29. The van der Waals surface area contributed by atoms with Gasteiger partial charge in [-0.15, -0.1) is 0 Å². The molecular formula is C29H38FN3O5. The molecule has 0 fully saturated rings. The Hall–Kier alpha value is -3.56. The van der Waals surface area contributed by atoms with Gasteiger partial charge in [-0.3, -0.25) is 9.89 Å². The number of rotatable bonds is 17. The number of hydrogen-bond donors (Lipinski definition) is 0. The third-order valence-electron chi connectivity index (χ3n) is 5.46. The van der Waals surface area contributed by atoms with Crippen LogP contribution in [0.15, 0.2) is 76.0 Å². The first kappa shape index (κ1) is 30.7. The molecule has 0 bridgehead atoms. The lowest BCUT2D eigenvalue weighted by molar-refractivity contribution is -0.166. The zero-order valence-electron chi connectivity index (χ0n) is 22.7. The topological polar surface area (TPSA) is 86.4 Å². The Labute approximate surface area is 224 Å². The molecule has 0 N–H and O–H groups in total. The van der Waals surface area contributed by atoms with Gasteiger partial charge in [0.25, 0.3) is 0 Å². The van der Waals surface area contributed by atoms with E-state index in [9.17, 15) is 9.18 Å². The molecule has 38 heavy (non-hydrogen) atoms. The van der Waals surface area contributed by atoms with Crippen LogP contribution in [0.25, 0.3) is 11.5 Å². The van der Waals surface area contributed by atoms with Crippen LogP contribution in [-0.4, -0.2) is 67.8 Å². The van der Waals surface area contributed by atoms with Crippen molar-refractivity contribution in [2.24, 2.45) is 4.99 Å². The van der Waals surface area contributed by atoms with Crippen molar-refractivity contribution in [3.8, 4) is 11.5 Å². The molecule has 0 unspecified atom stereocenters. The molecule has 0 aliphatic rings. The van der Waals surface area contributed by atoms with E-state index in [1.54, 1.807) is 32.9 Å². The molecule has 2 aromatic rings. The zero-order valence-corrected chi connectivity index (χ0v) is 22.7. The monoisotopic (exact) mass is 527 g/mol. The van der Waals surface area contributed by atoms with E-state index in [1.807, 2.05) is 37.3 Å². The number of carbonyl (C=O) groups excluding carboxylic acids is 1. The number of alkyl halides is 1. The van der Waals surface area contributed by atoms with E-state index in [-0.39, 0.29) is 13.2 Å². The summed E-state index contributed by atoms with van der Waals surface area (Å²) in [5.41, 5.74) is 1.35. The number of oxazole rings is 1. The van der Waals surface area contributed by atoms with Gasteiger partial charge in [-0.25, -0.2) is 14.2 Å². The van der Waals surface area contributed by atoms with Gasteiger partial charge in [0, 0.05) is 25.2 Å². The molecule has 1 heterocycles. The Morgan fingerprint density at radius 2 is 2.05 bits per heavy atom. The highest BCUT2D eigenvalue weighted by Crippen LogP contribution is 2.22. The number of allylic oxidation sites excluding steroid dienone is 1. The largest absolute Gasteiger partial charge is 0.498 e. The van der Waals surface area contributed by atoms with Gasteiger partial charge in [-0.1, -0.05) is 30.4 Å². The standard InChI is InChI=1S/C29H38FN3O5/c1-6-36-28(34)29(3,4)37-18-10-11-24(14-15-30)21-33(17-20-35-19-16-31-5)22-26-23(2)38-27(32-26)25-12-8-7-9-13-25/h7-14,16,19H,5-6,15,17-18,20-22H2,1-4H3/b11-10-,19-16-,24-14+. The second-order valence-electron chi connectivity index (χ2n) is 8.81. The second kappa shape index (κ2) is 16.3. The van der Waals surface area contributed by atoms with E-state index in [4.69, 9.17) is 23.6 Å². The highest BCUT2D eigenvalue weighted by atomic mass is 19.1. The number of nitrogens with zero attached hydrogens (tertiary/aromatic N) is 3. The van der Waals surface area contributed by atoms with Crippen LogP contribution in [0.4, 0.5) is 4.39 Å². The van der Waals surface area contributed by atoms with Crippen molar-refractivity contribution < 1.29 is 27.8 Å². The number of ether oxygens (including phenoxy) is 3. The molecule has 2 rings (SSSR count). The molecule has 0 aliphatic carbocycles. The van der Waals surface area contributed by atoms with Crippen LogP contribution in [0.3, 0.4) is 0 Å². The fraction of sp³-hybridized carbons (Fsp3) is 0.414.